The second-order valence-electron chi connectivity index (χ2n) is 18.7. The fraction of sp³-hybridized carbons (Fsp3) is 0.464. The second-order valence-corrected chi connectivity index (χ2v) is 18.7. The zero-order valence-electron chi connectivity index (χ0n) is 43.1. The number of nitrogens with one attached hydrogen (secondary N) is 1. The number of carbonyl (C=O) groups is 6. The molecule has 6 rings (SSSR count). The second kappa shape index (κ2) is 27.9. The van der Waals surface area contributed by atoms with Gasteiger partial charge in [-0.2, -0.15) is 0 Å². The lowest BCUT2D eigenvalue weighted by atomic mass is 10.1. The minimum absolute atomic E-state index is 0.00435. The Morgan fingerprint density at radius 3 is 1.93 bits per heavy atom. The summed E-state index contributed by atoms with van der Waals surface area (Å²) in [5.74, 6) is -1.53. The maximum Gasteiger partial charge on any atom is 0.245 e. The van der Waals surface area contributed by atoms with Gasteiger partial charge in [0.1, 0.15) is 29.8 Å². The molecule has 17 heteroatoms. The first-order valence-corrected chi connectivity index (χ1v) is 25.2. The van der Waals surface area contributed by atoms with Gasteiger partial charge >= 0.3 is 0 Å². The number of hydrogen-bond donors (Lipinski definition) is 1. The smallest absolute Gasteiger partial charge is 0.245 e. The van der Waals surface area contributed by atoms with Crippen molar-refractivity contribution in [2.75, 3.05) is 79.8 Å². The van der Waals surface area contributed by atoms with Crippen LogP contribution in [-0.2, 0) is 56.0 Å². The van der Waals surface area contributed by atoms with Gasteiger partial charge in [0, 0.05) is 26.7 Å². The van der Waals surface area contributed by atoms with Crippen LogP contribution in [0.5, 0.6) is 17.2 Å². The van der Waals surface area contributed by atoms with Gasteiger partial charge in [0.05, 0.1) is 77.4 Å². The van der Waals surface area contributed by atoms with Crippen LogP contribution in [0.25, 0.3) is 0 Å². The summed E-state index contributed by atoms with van der Waals surface area (Å²) < 4.78 is 29.4. The van der Waals surface area contributed by atoms with Crippen LogP contribution >= 0.6 is 0 Å². The van der Waals surface area contributed by atoms with Gasteiger partial charge in [-0.25, -0.2) is 0 Å². The van der Waals surface area contributed by atoms with Gasteiger partial charge in [0.2, 0.25) is 35.4 Å². The van der Waals surface area contributed by atoms with Gasteiger partial charge in [-0.05, 0) is 100 Å². The number of carbonyl (C=O) groups excluding carboxylic acids is 6. The van der Waals surface area contributed by atoms with E-state index in [1.807, 2.05) is 98.8 Å². The van der Waals surface area contributed by atoms with Crippen molar-refractivity contribution in [3.8, 4) is 17.2 Å². The van der Waals surface area contributed by atoms with Crippen molar-refractivity contribution in [3.05, 3.63) is 126 Å². The van der Waals surface area contributed by atoms with Gasteiger partial charge < -0.3 is 53.5 Å². The maximum absolute atomic E-state index is 15.1. The quantitative estimate of drug-likeness (QED) is 0.123. The van der Waals surface area contributed by atoms with Crippen molar-refractivity contribution in [2.24, 2.45) is 0 Å². The topological polar surface area (TPSA) is 177 Å². The molecule has 17 nitrogen and oxygen atoms in total. The third kappa shape index (κ3) is 16.3. The van der Waals surface area contributed by atoms with Crippen LogP contribution in [0.4, 0.5) is 0 Å². The molecule has 2 aliphatic rings. The Kier molecular flexibility index (Phi) is 21.2. The molecule has 1 aliphatic carbocycles. The van der Waals surface area contributed by atoms with E-state index in [1.54, 1.807) is 38.3 Å². The van der Waals surface area contributed by atoms with Crippen LogP contribution in [0.15, 0.2) is 109 Å². The lowest BCUT2D eigenvalue weighted by Crippen LogP contribution is -2.57. The Balaban J connectivity index is 1.37. The molecule has 2 fully saturated rings. The molecule has 1 heterocycles. The highest BCUT2D eigenvalue weighted by molar-refractivity contribution is 5.94. The summed E-state index contributed by atoms with van der Waals surface area (Å²) in [6.45, 7) is 5.25. The number of nitrogens with zero attached hydrogens (tertiary/aromatic N) is 5. The monoisotopic (exact) mass is 1000 g/mol. The molecule has 1 aliphatic heterocycles. The third-order valence-corrected chi connectivity index (χ3v) is 13.2. The van der Waals surface area contributed by atoms with E-state index in [-0.39, 0.29) is 52.0 Å². The van der Waals surface area contributed by atoms with Gasteiger partial charge in [-0.15, -0.1) is 0 Å². The fourth-order valence-corrected chi connectivity index (χ4v) is 9.06. The SMILES string of the molecule is COCCN1CC(=O)N(CCOC(C)C)CC(=O)N([C@@H](C)c2ccc(OC)cc2)CC(=O)N([C@H]2CCC[C@@H]2OCc2ccccc2)CC(=O)N[C@H](C)C(=O)N(CCc2ccccc2Oc2ccccc2)CC1=O. The predicted octanol–water partition coefficient (Wildman–Crippen LogP) is 5.66. The third-order valence-electron chi connectivity index (χ3n) is 13.2. The summed E-state index contributed by atoms with van der Waals surface area (Å²) in [5, 5.41) is 2.83. The number of ether oxygens (including phenoxy) is 5. The average Bonchev–Trinajstić information content (AvgIpc) is 3.87. The number of methoxy groups -OCH3 is 2. The highest BCUT2D eigenvalue weighted by atomic mass is 16.5. The van der Waals surface area contributed by atoms with E-state index < -0.39 is 92.4 Å². The fourth-order valence-electron chi connectivity index (χ4n) is 9.06. The first-order chi connectivity index (χ1) is 35.2. The van der Waals surface area contributed by atoms with Crippen molar-refractivity contribution in [2.45, 2.75) is 90.3 Å². The van der Waals surface area contributed by atoms with Crippen LogP contribution in [0.3, 0.4) is 0 Å². The Labute approximate surface area is 429 Å². The molecule has 4 atom stereocenters. The molecule has 0 unspecified atom stereocenters. The predicted molar refractivity (Wildman–Crippen MR) is 274 cm³/mol. The Morgan fingerprint density at radius 1 is 0.630 bits per heavy atom. The van der Waals surface area contributed by atoms with Crippen molar-refractivity contribution >= 4 is 35.4 Å². The average molecular weight is 1010 g/mol. The van der Waals surface area contributed by atoms with Crippen molar-refractivity contribution in [1.29, 1.82) is 0 Å². The summed E-state index contributed by atoms with van der Waals surface area (Å²) in [7, 11) is 3.03. The van der Waals surface area contributed by atoms with Gasteiger partial charge in [-0.3, -0.25) is 28.8 Å². The van der Waals surface area contributed by atoms with Crippen LogP contribution < -0.4 is 14.8 Å². The first-order valence-electron chi connectivity index (χ1n) is 25.2. The lowest BCUT2D eigenvalue weighted by molar-refractivity contribution is -0.151. The zero-order valence-corrected chi connectivity index (χ0v) is 43.1. The maximum atomic E-state index is 15.1. The Hall–Kier alpha value is -6.82. The van der Waals surface area contributed by atoms with E-state index in [0.717, 1.165) is 11.1 Å². The number of amides is 6. The molecule has 6 amide bonds. The van der Waals surface area contributed by atoms with E-state index in [2.05, 4.69) is 5.32 Å². The molecule has 1 N–H and O–H groups in total. The van der Waals surface area contributed by atoms with Crippen LogP contribution in [0.2, 0.25) is 0 Å². The highest BCUT2D eigenvalue weighted by Crippen LogP contribution is 2.30. The number of hydrogen-bond acceptors (Lipinski definition) is 11. The van der Waals surface area contributed by atoms with Crippen molar-refractivity contribution in [1.82, 2.24) is 29.8 Å². The summed E-state index contributed by atoms with van der Waals surface area (Å²) >= 11 is 0. The van der Waals surface area contributed by atoms with E-state index in [4.69, 9.17) is 23.7 Å². The number of para-hydroxylation sites is 2. The molecule has 4 aromatic carbocycles. The van der Waals surface area contributed by atoms with Gasteiger partial charge in [-0.1, -0.05) is 78.9 Å². The lowest BCUT2D eigenvalue weighted by Gasteiger charge is -2.37. The number of rotatable bonds is 19. The molecule has 1 saturated heterocycles. The van der Waals surface area contributed by atoms with E-state index in [1.165, 1.54) is 38.5 Å². The highest BCUT2D eigenvalue weighted by Gasteiger charge is 2.39. The summed E-state index contributed by atoms with van der Waals surface area (Å²) in [4.78, 5) is 95.2. The van der Waals surface area contributed by atoms with Crippen molar-refractivity contribution < 1.29 is 52.5 Å². The molecular formula is C56H72N6O11. The van der Waals surface area contributed by atoms with E-state index >= 15 is 4.79 Å². The normalized spacial score (nSPS) is 19.5. The molecular weight excluding hydrogens is 933 g/mol. The van der Waals surface area contributed by atoms with Crippen LogP contribution in [0, 0.1) is 0 Å². The zero-order chi connectivity index (χ0) is 52.3. The Morgan fingerprint density at radius 2 is 1.26 bits per heavy atom. The van der Waals surface area contributed by atoms with Crippen LogP contribution in [-0.4, -0.2) is 164 Å². The number of benzene rings is 4. The Bertz CT molecular complexity index is 2420. The molecule has 4 aromatic rings. The summed E-state index contributed by atoms with van der Waals surface area (Å²) in [5.41, 5.74) is 2.41. The largest absolute Gasteiger partial charge is 0.497 e. The molecule has 0 spiro atoms. The summed E-state index contributed by atoms with van der Waals surface area (Å²) in [6, 6.07) is 31.1. The van der Waals surface area contributed by atoms with Crippen molar-refractivity contribution in [3.63, 3.8) is 0 Å². The van der Waals surface area contributed by atoms with E-state index in [0.29, 0.717) is 42.1 Å². The minimum Gasteiger partial charge on any atom is -0.497 e. The summed E-state index contributed by atoms with van der Waals surface area (Å²) in [6.07, 6.45) is 1.51. The minimum atomic E-state index is -1.15. The molecule has 0 bridgehead atoms. The standard InChI is InChI=1S/C56H72N6O11/c1-40(2)71-33-31-59-37-54(66)61(42(4)44-24-26-46(70-6)27-25-44)38-55(67)62(48-21-15-23-50(48)72-39-43-16-9-7-10-17-43)34-51(63)57-41(3)56(68)60(36-53(65)58(30-32-69-5)35-52(59)64)29-28-45-18-13-14-22-49(45)73-47-19-11-8-12-20-47/h7-14,16-20,22,24-27,40-42,48,50H,15,21,23,28-39H2,1-6H3,(H,57,63)/t41-,42+,48+,50+/m1/s1. The molecule has 0 radical (unpaired) electrons. The molecule has 0 aromatic heterocycles. The van der Waals surface area contributed by atoms with Crippen LogP contribution in [0.1, 0.15) is 69.7 Å². The first kappa shape index (κ1) is 55.5. The van der Waals surface area contributed by atoms with Gasteiger partial charge in [0.25, 0.3) is 0 Å². The molecule has 73 heavy (non-hydrogen) atoms. The molecule has 392 valence electrons. The van der Waals surface area contributed by atoms with E-state index in [9.17, 15) is 24.0 Å². The molecule has 1 saturated carbocycles. The van der Waals surface area contributed by atoms with Gasteiger partial charge in [0.15, 0.2) is 0 Å².